The van der Waals surface area contributed by atoms with Gasteiger partial charge in [-0.15, -0.1) is 0 Å². The van der Waals surface area contributed by atoms with Crippen molar-refractivity contribution in [2.75, 3.05) is 13.7 Å². The largest absolute Gasteiger partial charge is 0.481 e. The van der Waals surface area contributed by atoms with Crippen molar-refractivity contribution >= 4 is 5.97 Å². The topological polar surface area (TPSA) is 56.8 Å². The number of ether oxygens (including phenoxy) is 3. The number of alkyl halides is 2. The standard InChI is InChI=1S/C20H23F2NO4/c1-13-8-15(9-14(2)19(13)26-12-18(24)25-3)10-23-11-16-6-4-5-7-17(16)27-20(21)22/h4-9,20,23H,10-12H2,1-3H3. The van der Waals surface area contributed by atoms with Crippen LogP contribution in [0.1, 0.15) is 22.3 Å². The van der Waals surface area contributed by atoms with E-state index < -0.39 is 12.6 Å². The Kier molecular flexibility index (Phi) is 7.55. The van der Waals surface area contributed by atoms with Gasteiger partial charge in [-0.05, 0) is 36.6 Å². The molecular formula is C20H23F2NO4. The van der Waals surface area contributed by atoms with Gasteiger partial charge in [-0.1, -0.05) is 30.3 Å². The van der Waals surface area contributed by atoms with Gasteiger partial charge in [-0.3, -0.25) is 0 Å². The number of hydrogen-bond acceptors (Lipinski definition) is 5. The second kappa shape index (κ2) is 9.87. The lowest BCUT2D eigenvalue weighted by molar-refractivity contribution is -0.142. The molecule has 2 aromatic carbocycles. The van der Waals surface area contributed by atoms with Crippen LogP contribution in [-0.4, -0.2) is 26.3 Å². The normalized spacial score (nSPS) is 10.7. The summed E-state index contributed by atoms with van der Waals surface area (Å²) in [5.41, 5.74) is 3.47. The van der Waals surface area contributed by atoms with Gasteiger partial charge in [0.1, 0.15) is 11.5 Å². The number of nitrogens with one attached hydrogen (secondary N) is 1. The molecule has 0 aliphatic carbocycles. The van der Waals surface area contributed by atoms with E-state index >= 15 is 0 Å². The minimum atomic E-state index is -2.85. The monoisotopic (exact) mass is 379 g/mol. The van der Waals surface area contributed by atoms with Crippen molar-refractivity contribution in [3.63, 3.8) is 0 Å². The lowest BCUT2D eigenvalue weighted by Gasteiger charge is -2.14. The number of halogens is 2. The zero-order valence-electron chi connectivity index (χ0n) is 15.6. The Morgan fingerprint density at radius 3 is 2.41 bits per heavy atom. The highest BCUT2D eigenvalue weighted by Gasteiger charge is 2.11. The number of para-hydroxylation sites is 1. The molecule has 146 valence electrons. The zero-order chi connectivity index (χ0) is 19.8. The van der Waals surface area contributed by atoms with Crippen molar-refractivity contribution in [3.8, 4) is 11.5 Å². The number of esters is 1. The van der Waals surface area contributed by atoms with Crippen LogP contribution in [0.15, 0.2) is 36.4 Å². The molecule has 0 atom stereocenters. The summed E-state index contributed by atoms with van der Waals surface area (Å²) in [6, 6.07) is 10.6. The lowest BCUT2D eigenvalue weighted by atomic mass is 10.1. The quantitative estimate of drug-likeness (QED) is 0.673. The van der Waals surface area contributed by atoms with E-state index in [-0.39, 0.29) is 12.4 Å². The van der Waals surface area contributed by atoms with Crippen molar-refractivity contribution in [1.29, 1.82) is 0 Å². The fraction of sp³-hybridized carbons (Fsp3) is 0.350. The smallest absolute Gasteiger partial charge is 0.387 e. The fourth-order valence-electron chi connectivity index (χ4n) is 2.76. The Bertz CT molecular complexity index is 757. The summed E-state index contributed by atoms with van der Waals surface area (Å²) in [5.74, 6) is 0.378. The average molecular weight is 379 g/mol. The van der Waals surface area contributed by atoms with Gasteiger partial charge in [-0.25, -0.2) is 4.79 Å². The number of carbonyl (C=O) groups excluding carboxylic acids is 1. The van der Waals surface area contributed by atoms with E-state index in [9.17, 15) is 13.6 Å². The first-order chi connectivity index (χ1) is 12.9. The first kappa shape index (κ1) is 20.6. The molecule has 0 aliphatic rings. The van der Waals surface area contributed by atoms with E-state index in [4.69, 9.17) is 4.74 Å². The minimum absolute atomic E-state index is 0.142. The van der Waals surface area contributed by atoms with E-state index in [0.29, 0.717) is 24.4 Å². The summed E-state index contributed by atoms with van der Waals surface area (Å²) < 4.78 is 39.6. The maximum absolute atomic E-state index is 12.5. The van der Waals surface area contributed by atoms with Crippen molar-refractivity contribution in [1.82, 2.24) is 5.32 Å². The molecule has 0 aliphatic heterocycles. The van der Waals surface area contributed by atoms with Gasteiger partial charge in [0, 0.05) is 18.7 Å². The Morgan fingerprint density at radius 2 is 1.78 bits per heavy atom. The van der Waals surface area contributed by atoms with Crippen LogP contribution in [0.5, 0.6) is 11.5 Å². The number of aryl methyl sites for hydroxylation is 2. The van der Waals surface area contributed by atoms with Crippen molar-refractivity contribution in [3.05, 3.63) is 58.7 Å². The van der Waals surface area contributed by atoms with Gasteiger partial charge in [0.15, 0.2) is 6.61 Å². The molecular weight excluding hydrogens is 356 g/mol. The van der Waals surface area contributed by atoms with Crippen LogP contribution in [0.25, 0.3) is 0 Å². The molecule has 27 heavy (non-hydrogen) atoms. The predicted octanol–water partition coefficient (Wildman–Crippen LogP) is 3.75. The van der Waals surface area contributed by atoms with Crippen molar-refractivity contribution in [2.45, 2.75) is 33.5 Å². The third-order valence-electron chi connectivity index (χ3n) is 3.92. The van der Waals surface area contributed by atoms with Gasteiger partial charge in [0.25, 0.3) is 0 Å². The maximum Gasteiger partial charge on any atom is 0.387 e. The number of methoxy groups -OCH3 is 1. The van der Waals surface area contributed by atoms with Crippen molar-refractivity contribution in [2.24, 2.45) is 0 Å². The Balaban J connectivity index is 1.98. The highest BCUT2D eigenvalue weighted by atomic mass is 19.3. The molecule has 1 N–H and O–H groups in total. The van der Waals surface area contributed by atoms with Gasteiger partial charge >= 0.3 is 12.6 Å². The molecule has 0 saturated carbocycles. The summed E-state index contributed by atoms with van der Waals surface area (Å²) in [4.78, 5) is 11.2. The number of rotatable bonds is 9. The van der Waals surface area contributed by atoms with E-state index in [1.54, 1.807) is 18.2 Å². The van der Waals surface area contributed by atoms with Crippen LogP contribution in [0.3, 0.4) is 0 Å². The van der Waals surface area contributed by atoms with Gasteiger partial charge in [0.2, 0.25) is 0 Å². The van der Waals surface area contributed by atoms with Crippen LogP contribution in [-0.2, 0) is 22.6 Å². The molecule has 0 saturated heterocycles. The third kappa shape index (κ3) is 6.21. The van der Waals surface area contributed by atoms with Gasteiger partial charge in [0.05, 0.1) is 7.11 Å². The number of carbonyl (C=O) groups is 1. The Labute approximate surface area is 157 Å². The molecule has 2 aromatic rings. The van der Waals surface area contributed by atoms with Crippen molar-refractivity contribution < 1.29 is 27.8 Å². The highest BCUT2D eigenvalue weighted by molar-refractivity contribution is 5.71. The summed E-state index contributed by atoms with van der Waals surface area (Å²) in [6.07, 6.45) is 0. The van der Waals surface area contributed by atoms with Crippen LogP contribution < -0.4 is 14.8 Å². The van der Waals surface area contributed by atoms with Crippen LogP contribution in [0.2, 0.25) is 0 Å². The summed E-state index contributed by atoms with van der Waals surface area (Å²) in [5, 5.41) is 3.23. The van der Waals surface area contributed by atoms with E-state index in [1.807, 2.05) is 26.0 Å². The second-order valence-corrected chi connectivity index (χ2v) is 6.01. The predicted molar refractivity (Wildman–Crippen MR) is 97.0 cm³/mol. The van der Waals surface area contributed by atoms with Crippen LogP contribution >= 0.6 is 0 Å². The number of benzene rings is 2. The van der Waals surface area contributed by atoms with E-state index in [1.165, 1.54) is 13.2 Å². The van der Waals surface area contributed by atoms with Gasteiger partial charge < -0.3 is 19.5 Å². The third-order valence-corrected chi connectivity index (χ3v) is 3.92. The molecule has 0 heterocycles. The molecule has 0 aromatic heterocycles. The molecule has 0 radical (unpaired) electrons. The molecule has 0 fully saturated rings. The maximum atomic E-state index is 12.5. The highest BCUT2D eigenvalue weighted by Crippen LogP contribution is 2.25. The Morgan fingerprint density at radius 1 is 1.11 bits per heavy atom. The summed E-state index contributed by atoms with van der Waals surface area (Å²) in [7, 11) is 1.31. The molecule has 0 bridgehead atoms. The Hall–Kier alpha value is -2.67. The molecule has 0 unspecified atom stereocenters. The first-order valence-electron chi connectivity index (χ1n) is 8.44. The van der Waals surface area contributed by atoms with E-state index in [2.05, 4.69) is 14.8 Å². The molecule has 0 spiro atoms. The number of hydrogen-bond donors (Lipinski definition) is 1. The summed E-state index contributed by atoms with van der Waals surface area (Å²) in [6.45, 7) is 1.73. The molecule has 5 nitrogen and oxygen atoms in total. The summed E-state index contributed by atoms with van der Waals surface area (Å²) >= 11 is 0. The minimum Gasteiger partial charge on any atom is -0.481 e. The van der Waals surface area contributed by atoms with Gasteiger partial charge in [-0.2, -0.15) is 8.78 Å². The fourth-order valence-corrected chi connectivity index (χ4v) is 2.76. The SMILES string of the molecule is COC(=O)COc1c(C)cc(CNCc2ccccc2OC(F)F)cc1C. The first-order valence-corrected chi connectivity index (χ1v) is 8.44. The van der Waals surface area contributed by atoms with E-state index in [0.717, 1.165) is 16.7 Å². The lowest BCUT2D eigenvalue weighted by Crippen LogP contribution is -2.16. The molecule has 2 rings (SSSR count). The van der Waals surface area contributed by atoms with Crippen LogP contribution in [0, 0.1) is 13.8 Å². The average Bonchev–Trinajstić information content (AvgIpc) is 2.61. The second-order valence-electron chi connectivity index (χ2n) is 6.01. The van der Waals surface area contributed by atoms with Crippen LogP contribution in [0.4, 0.5) is 8.78 Å². The molecule has 7 heteroatoms. The molecule has 0 amide bonds. The zero-order valence-corrected chi connectivity index (χ0v) is 15.6.